The summed E-state index contributed by atoms with van der Waals surface area (Å²) < 4.78 is 2.22. The lowest BCUT2D eigenvalue weighted by molar-refractivity contribution is -0.396. The first-order valence-electron chi connectivity index (χ1n) is 4.87. The molecule has 68 valence electrons. The Labute approximate surface area is 79.7 Å². The highest BCUT2D eigenvalue weighted by Gasteiger charge is 2.18. The third-order valence-electron chi connectivity index (χ3n) is 2.74. The zero-order valence-electron chi connectivity index (χ0n) is 8.54. The molecule has 0 atom stereocenters. The van der Waals surface area contributed by atoms with Gasteiger partial charge in [0, 0.05) is 11.6 Å². The van der Waals surface area contributed by atoms with Crippen molar-refractivity contribution in [2.45, 2.75) is 26.2 Å². The topological polar surface area (TPSA) is 3.01 Å². The molecule has 0 aromatic heterocycles. The van der Waals surface area contributed by atoms with Crippen LogP contribution in [0.5, 0.6) is 0 Å². The van der Waals surface area contributed by atoms with Crippen molar-refractivity contribution < 1.29 is 4.58 Å². The van der Waals surface area contributed by atoms with E-state index in [2.05, 4.69) is 49.9 Å². The minimum absolute atomic E-state index is 0.624. The maximum atomic E-state index is 2.31. The van der Waals surface area contributed by atoms with Gasteiger partial charge in [0.25, 0.3) is 0 Å². The molecular weight excluding hydrogens is 158 g/mol. The molecule has 0 aliphatic carbocycles. The largest absolute Gasteiger partial charge is 0.208 e. The SMILES string of the molecule is CC(C)c1ccc2c(c1)[N+](C)=CC2. The summed E-state index contributed by atoms with van der Waals surface area (Å²) in [6.45, 7) is 4.47. The Morgan fingerprint density at radius 1 is 1.31 bits per heavy atom. The minimum atomic E-state index is 0.624. The van der Waals surface area contributed by atoms with Crippen molar-refractivity contribution in [2.24, 2.45) is 0 Å². The van der Waals surface area contributed by atoms with Crippen molar-refractivity contribution in [1.82, 2.24) is 0 Å². The molecular formula is C12H16N+. The Morgan fingerprint density at radius 2 is 2.08 bits per heavy atom. The van der Waals surface area contributed by atoms with Crippen LogP contribution in [0.25, 0.3) is 0 Å². The van der Waals surface area contributed by atoms with Gasteiger partial charge in [-0.1, -0.05) is 26.0 Å². The van der Waals surface area contributed by atoms with Crippen molar-refractivity contribution in [3.05, 3.63) is 29.3 Å². The summed E-state index contributed by atoms with van der Waals surface area (Å²) in [5.74, 6) is 0.624. The summed E-state index contributed by atoms with van der Waals surface area (Å²) in [5.41, 5.74) is 4.26. The summed E-state index contributed by atoms with van der Waals surface area (Å²) in [7, 11) is 2.12. The van der Waals surface area contributed by atoms with Crippen LogP contribution in [0.4, 0.5) is 5.69 Å². The molecule has 0 saturated carbocycles. The minimum Gasteiger partial charge on any atom is -0.205 e. The fourth-order valence-electron chi connectivity index (χ4n) is 1.77. The molecule has 2 rings (SSSR count). The lowest BCUT2D eigenvalue weighted by Gasteiger charge is -2.05. The van der Waals surface area contributed by atoms with E-state index in [9.17, 15) is 0 Å². The Morgan fingerprint density at radius 3 is 2.77 bits per heavy atom. The predicted molar refractivity (Wildman–Crippen MR) is 56.1 cm³/mol. The van der Waals surface area contributed by atoms with Gasteiger partial charge in [0.05, 0.1) is 6.42 Å². The Balaban J connectivity index is 2.47. The van der Waals surface area contributed by atoms with E-state index in [0.717, 1.165) is 6.42 Å². The molecule has 1 heterocycles. The smallest absolute Gasteiger partial charge is 0.205 e. The number of hydrogen-bond acceptors (Lipinski definition) is 0. The van der Waals surface area contributed by atoms with E-state index in [1.54, 1.807) is 0 Å². The van der Waals surface area contributed by atoms with Crippen LogP contribution < -0.4 is 0 Å². The third-order valence-corrected chi connectivity index (χ3v) is 2.74. The third kappa shape index (κ3) is 1.39. The van der Waals surface area contributed by atoms with Crippen molar-refractivity contribution >= 4 is 11.9 Å². The van der Waals surface area contributed by atoms with Crippen LogP contribution in [0.15, 0.2) is 18.2 Å². The zero-order valence-corrected chi connectivity index (χ0v) is 8.54. The summed E-state index contributed by atoms with van der Waals surface area (Å²) in [6.07, 6.45) is 3.32. The number of rotatable bonds is 1. The van der Waals surface area contributed by atoms with E-state index < -0.39 is 0 Å². The molecule has 1 aromatic rings. The molecule has 0 unspecified atom stereocenters. The molecule has 0 fully saturated rings. The van der Waals surface area contributed by atoms with E-state index in [1.807, 2.05) is 0 Å². The average Bonchev–Trinajstić information content (AvgIpc) is 2.47. The van der Waals surface area contributed by atoms with Gasteiger partial charge in [-0.3, -0.25) is 0 Å². The van der Waals surface area contributed by atoms with Gasteiger partial charge in [0.15, 0.2) is 0 Å². The summed E-state index contributed by atoms with van der Waals surface area (Å²) in [6, 6.07) is 6.81. The predicted octanol–water partition coefficient (Wildman–Crippen LogP) is 2.71. The van der Waals surface area contributed by atoms with Crippen LogP contribution in [-0.2, 0) is 6.42 Å². The molecule has 0 radical (unpaired) electrons. The van der Waals surface area contributed by atoms with E-state index in [-0.39, 0.29) is 0 Å². The van der Waals surface area contributed by atoms with Crippen molar-refractivity contribution in [3.8, 4) is 0 Å². The number of fused-ring (bicyclic) bond motifs is 1. The molecule has 13 heavy (non-hydrogen) atoms. The normalized spacial score (nSPS) is 14.6. The second-order valence-corrected chi connectivity index (χ2v) is 4.04. The summed E-state index contributed by atoms with van der Waals surface area (Å²) >= 11 is 0. The maximum Gasteiger partial charge on any atom is 0.208 e. The fraction of sp³-hybridized carbons (Fsp3) is 0.417. The van der Waals surface area contributed by atoms with Gasteiger partial charge < -0.3 is 0 Å². The lowest BCUT2D eigenvalue weighted by Crippen LogP contribution is -1.94. The molecule has 1 aliphatic heterocycles. The Kier molecular flexibility index (Phi) is 1.95. The first-order valence-corrected chi connectivity index (χ1v) is 4.87. The van der Waals surface area contributed by atoms with Gasteiger partial charge in [-0.05, 0) is 11.5 Å². The molecule has 1 aliphatic rings. The van der Waals surface area contributed by atoms with Crippen LogP contribution >= 0.6 is 0 Å². The van der Waals surface area contributed by atoms with Crippen molar-refractivity contribution in [1.29, 1.82) is 0 Å². The fourth-order valence-corrected chi connectivity index (χ4v) is 1.77. The Hall–Kier alpha value is -1.11. The molecule has 1 heteroatoms. The van der Waals surface area contributed by atoms with Gasteiger partial charge in [0.2, 0.25) is 5.69 Å². The summed E-state index contributed by atoms with van der Waals surface area (Å²) in [5, 5.41) is 0. The van der Waals surface area contributed by atoms with Crippen LogP contribution in [0.3, 0.4) is 0 Å². The van der Waals surface area contributed by atoms with Gasteiger partial charge in [0.1, 0.15) is 13.3 Å². The maximum absolute atomic E-state index is 2.31. The molecule has 0 N–H and O–H groups in total. The highest BCUT2D eigenvalue weighted by molar-refractivity contribution is 5.67. The second kappa shape index (κ2) is 2.99. The van der Waals surface area contributed by atoms with Gasteiger partial charge in [-0.2, -0.15) is 0 Å². The quantitative estimate of drug-likeness (QED) is 0.576. The van der Waals surface area contributed by atoms with Crippen LogP contribution in [-0.4, -0.2) is 17.8 Å². The highest BCUT2D eigenvalue weighted by atomic mass is 15.0. The molecule has 0 saturated heterocycles. The molecule has 0 spiro atoms. The first-order chi connectivity index (χ1) is 6.18. The van der Waals surface area contributed by atoms with E-state index in [1.165, 1.54) is 16.8 Å². The molecule has 0 bridgehead atoms. The van der Waals surface area contributed by atoms with Crippen LogP contribution in [0.1, 0.15) is 30.9 Å². The number of nitrogens with zero attached hydrogens (tertiary/aromatic N) is 1. The molecule has 0 amide bonds. The number of benzene rings is 1. The van der Waals surface area contributed by atoms with Crippen molar-refractivity contribution in [3.63, 3.8) is 0 Å². The van der Waals surface area contributed by atoms with Crippen LogP contribution in [0, 0.1) is 0 Å². The zero-order chi connectivity index (χ0) is 9.42. The second-order valence-electron chi connectivity index (χ2n) is 4.04. The highest BCUT2D eigenvalue weighted by Crippen LogP contribution is 2.27. The summed E-state index contributed by atoms with van der Waals surface area (Å²) in [4.78, 5) is 0. The van der Waals surface area contributed by atoms with Crippen molar-refractivity contribution in [2.75, 3.05) is 7.05 Å². The number of hydrogen-bond donors (Lipinski definition) is 0. The van der Waals surface area contributed by atoms with Gasteiger partial charge >= 0.3 is 0 Å². The van der Waals surface area contributed by atoms with Crippen LogP contribution in [0.2, 0.25) is 0 Å². The van der Waals surface area contributed by atoms with Gasteiger partial charge in [-0.25, -0.2) is 4.58 Å². The van der Waals surface area contributed by atoms with E-state index in [4.69, 9.17) is 0 Å². The van der Waals surface area contributed by atoms with E-state index in [0.29, 0.717) is 5.92 Å². The first kappa shape index (κ1) is 8.49. The lowest BCUT2D eigenvalue weighted by atomic mass is 10.0. The average molecular weight is 174 g/mol. The molecule has 1 aromatic carbocycles. The Bertz CT molecular complexity index is 361. The van der Waals surface area contributed by atoms with Gasteiger partial charge in [-0.15, -0.1) is 0 Å². The van der Waals surface area contributed by atoms with E-state index >= 15 is 0 Å². The molecule has 1 nitrogen and oxygen atoms in total. The monoisotopic (exact) mass is 174 g/mol. The standard InChI is InChI=1S/C12H16N/c1-9(2)11-5-4-10-6-7-13(3)12(10)8-11/h4-5,7-9H,6H2,1-3H3/q+1.